The Morgan fingerprint density at radius 3 is 2.67 bits per heavy atom. The number of amides is 1. The van der Waals surface area contributed by atoms with Gasteiger partial charge in [0.25, 0.3) is 0 Å². The van der Waals surface area contributed by atoms with Crippen LogP contribution in [-0.4, -0.2) is 11.7 Å². The maximum absolute atomic E-state index is 13.2. The Morgan fingerprint density at radius 1 is 1.21 bits per heavy atom. The van der Waals surface area contributed by atoms with Gasteiger partial charge in [0.05, 0.1) is 0 Å². The quantitative estimate of drug-likeness (QED) is 0.921. The molecule has 1 aliphatic carbocycles. The topological polar surface area (TPSA) is 55.4 Å². The largest absolute Gasteiger partial charge is 0.482 e. The minimum absolute atomic E-state index is 0.102. The number of carbonyl (C=O) groups is 2. The first-order valence-electron chi connectivity index (χ1n) is 8.18. The van der Waals surface area contributed by atoms with Crippen LogP contribution in [0.4, 0.5) is 0 Å². The van der Waals surface area contributed by atoms with Crippen LogP contribution in [-0.2, 0) is 10.3 Å². The molecule has 2 aliphatic rings. The summed E-state index contributed by atoms with van der Waals surface area (Å²) in [5, 5.41) is 2.91. The average molecular weight is 321 g/mol. The average Bonchev–Trinajstić information content (AvgIpc) is 2.98. The molecule has 122 valence electrons. The highest BCUT2D eigenvalue weighted by molar-refractivity contribution is 6.11. The molecule has 0 aromatic heterocycles. The molecule has 1 N–H and O–H groups in total. The van der Waals surface area contributed by atoms with Gasteiger partial charge >= 0.3 is 0 Å². The summed E-state index contributed by atoms with van der Waals surface area (Å²) in [7, 11) is 0. The summed E-state index contributed by atoms with van der Waals surface area (Å²) >= 11 is 0. The maximum Gasteiger partial charge on any atom is 0.218 e. The van der Waals surface area contributed by atoms with Crippen LogP contribution in [0.3, 0.4) is 0 Å². The van der Waals surface area contributed by atoms with Gasteiger partial charge in [0.2, 0.25) is 5.91 Å². The monoisotopic (exact) mass is 321 g/mol. The van der Waals surface area contributed by atoms with Crippen LogP contribution in [0.25, 0.3) is 0 Å². The molecule has 0 fully saturated rings. The van der Waals surface area contributed by atoms with E-state index in [1.54, 1.807) is 6.07 Å². The van der Waals surface area contributed by atoms with Gasteiger partial charge in [-0.25, -0.2) is 0 Å². The highest BCUT2D eigenvalue weighted by Gasteiger charge is 2.61. The fourth-order valence-corrected chi connectivity index (χ4v) is 3.83. The van der Waals surface area contributed by atoms with Crippen molar-refractivity contribution in [1.29, 1.82) is 0 Å². The van der Waals surface area contributed by atoms with Crippen molar-refractivity contribution in [2.24, 2.45) is 0 Å². The Hall–Kier alpha value is -2.62. The Kier molecular flexibility index (Phi) is 3.07. The number of hydrogen-bond acceptors (Lipinski definition) is 3. The third-order valence-corrected chi connectivity index (χ3v) is 4.95. The SMILES string of the molecule is CC(=O)NC12C(=O)c3ccccc3C1Oc1cc(C(C)C)ccc12. The van der Waals surface area contributed by atoms with Gasteiger partial charge in [0.1, 0.15) is 5.75 Å². The number of Topliss-reactive ketones (excluding diaryl/α,β-unsaturated/α-hetero) is 1. The van der Waals surface area contributed by atoms with Gasteiger partial charge in [-0.1, -0.05) is 50.2 Å². The zero-order valence-electron chi connectivity index (χ0n) is 13.9. The van der Waals surface area contributed by atoms with Gasteiger partial charge in [-0.05, 0) is 17.5 Å². The van der Waals surface area contributed by atoms with Gasteiger partial charge in [-0.2, -0.15) is 0 Å². The van der Waals surface area contributed by atoms with Crippen molar-refractivity contribution in [1.82, 2.24) is 5.32 Å². The van der Waals surface area contributed by atoms with Crippen LogP contribution in [0, 0.1) is 0 Å². The van der Waals surface area contributed by atoms with Crippen LogP contribution in [0.5, 0.6) is 5.75 Å². The van der Waals surface area contributed by atoms with E-state index in [9.17, 15) is 9.59 Å². The number of hydrogen-bond donors (Lipinski definition) is 1. The molecule has 1 amide bonds. The first kappa shape index (κ1) is 14.9. The van der Waals surface area contributed by atoms with E-state index in [4.69, 9.17) is 4.74 Å². The highest BCUT2D eigenvalue weighted by atomic mass is 16.5. The second kappa shape index (κ2) is 4.94. The summed E-state index contributed by atoms with van der Waals surface area (Å²) in [6, 6.07) is 13.3. The van der Waals surface area contributed by atoms with Crippen LogP contribution < -0.4 is 10.1 Å². The fraction of sp³-hybridized carbons (Fsp3) is 0.300. The van der Waals surface area contributed by atoms with Crippen molar-refractivity contribution in [3.05, 3.63) is 64.7 Å². The van der Waals surface area contributed by atoms with E-state index in [-0.39, 0.29) is 11.7 Å². The Bertz CT molecular complexity index is 871. The molecule has 2 atom stereocenters. The number of rotatable bonds is 2. The summed E-state index contributed by atoms with van der Waals surface area (Å²) in [6.45, 7) is 5.66. The van der Waals surface area contributed by atoms with Crippen LogP contribution in [0.1, 0.15) is 59.8 Å². The van der Waals surface area contributed by atoms with E-state index in [2.05, 4.69) is 19.2 Å². The predicted molar refractivity (Wildman–Crippen MR) is 90.2 cm³/mol. The van der Waals surface area contributed by atoms with E-state index >= 15 is 0 Å². The molecular weight excluding hydrogens is 302 g/mol. The van der Waals surface area contributed by atoms with Gasteiger partial charge in [0.15, 0.2) is 17.4 Å². The lowest BCUT2D eigenvalue weighted by molar-refractivity contribution is -0.121. The first-order valence-corrected chi connectivity index (χ1v) is 8.18. The van der Waals surface area contributed by atoms with E-state index < -0.39 is 11.6 Å². The van der Waals surface area contributed by atoms with Crippen LogP contribution in [0.15, 0.2) is 42.5 Å². The second-order valence-corrected chi connectivity index (χ2v) is 6.81. The third kappa shape index (κ3) is 1.80. The first-order chi connectivity index (χ1) is 11.4. The molecule has 1 heterocycles. The van der Waals surface area contributed by atoms with Crippen molar-refractivity contribution >= 4 is 11.7 Å². The molecular formula is C20H19NO3. The number of nitrogens with one attached hydrogen (secondary N) is 1. The lowest BCUT2D eigenvalue weighted by Crippen LogP contribution is -2.50. The van der Waals surface area contributed by atoms with Crippen LogP contribution in [0.2, 0.25) is 0 Å². The standard InChI is InChI=1S/C20H19NO3/c1-11(2)13-8-9-16-17(10-13)24-19-15-7-5-4-6-14(15)18(23)20(16,19)21-12(3)22/h4-11,19H,1-3H3,(H,21,22). The summed E-state index contributed by atoms with van der Waals surface area (Å²) < 4.78 is 6.19. The van der Waals surface area contributed by atoms with Crippen molar-refractivity contribution in [3.8, 4) is 5.75 Å². The van der Waals surface area contributed by atoms with E-state index in [1.807, 2.05) is 36.4 Å². The number of carbonyl (C=O) groups excluding carboxylic acids is 2. The predicted octanol–water partition coefficient (Wildman–Crippen LogP) is 3.47. The minimum Gasteiger partial charge on any atom is -0.482 e. The van der Waals surface area contributed by atoms with Gasteiger partial charge in [-0.3, -0.25) is 9.59 Å². The minimum atomic E-state index is -1.15. The van der Waals surface area contributed by atoms with Crippen molar-refractivity contribution in [2.75, 3.05) is 0 Å². The number of fused-ring (bicyclic) bond motifs is 5. The lowest BCUT2D eigenvalue weighted by Gasteiger charge is -2.27. The summed E-state index contributed by atoms with van der Waals surface area (Å²) in [5.74, 6) is 0.696. The summed E-state index contributed by atoms with van der Waals surface area (Å²) in [6.07, 6.45) is -0.512. The zero-order valence-corrected chi connectivity index (χ0v) is 13.9. The van der Waals surface area contributed by atoms with Gasteiger partial charge < -0.3 is 10.1 Å². The number of benzene rings is 2. The number of ether oxygens (including phenoxy) is 1. The van der Waals surface area contributed by atoms with Crippen molar-refractivity contribution in [2.45, 2.75) is 38.3 Å². The molecule has 0 saturated carbocycles. The number of ketones is 1. The molecule has 0 bridgehead atoms. The molecule has 2 aromatic carbocycles. The second-order valence-electron chi connectivity index (χ2n) is 6.81. The van der Waals surface area contributed by atoms with Crippen LogP contribution >= 0.6 is 0 Å². The normalized spacial score (nSPS) is 23.5. The molecule has 1 aliphatic heterocycles. The van der Waals surface area contributed by atoms with E-state index in [0.717, 1.165) is 16.7 Å². The van der Waals surface area contributed by atoms with Gasteiger partial charge in [0, 0.05) is 23.6 Å². The van der Waals surface area contributed by atoms with Crippen molar-refractivity contribution < 1.29 is 14.3 Å². The summed E-state index contributed by atoms with van der Waals surface area (Å²) in [5.41, 5.74) is 2.19. The molecule has 24 heavy (non-hydrogen) atoms. The molecule has 2 unspecified atom stereocenters. The van der Waals surface area contributed by atoms with E-state index in [0.29, 0.717) is 17.2 Å². The molecule has 0 spiro atoms. The molecule has 4 nitrogen and oxygen atoms in total. The Labute approximate surface area is 140 Å². The smallest absolute Gasteiger partial charge is 0.218 e. The Morgan fingerprint density at radius 2 is 1.96 bits per heavy atom. The molecule has 2 aromatic rings. The third-order valence-electron chi connectivity index (χ3n) is 4.95. The summed E-state index contributed by atoms with van der Waals surface area (Å²) in [4.78, 5) is 25.1. The fourth-order valence-electron chi connectivity index (χ4n) is 3.83. The molecule has 0 radical (unpaired) electrons. The van der Waals surface area contributed by atoms with Gasteiger partial charge in [-0.15, -0.1) is 0 Å². The lowest BCUT2D eigenvalue weighted by atomic mass is 9.84. The maximum atomic E-state index is 13.2. The Balaban J connectivity index is 1.94. The highest BCUT2D eigenvalue weighted by Crippen LogP contribution is 2.55. The van der Waals surface area contributed by atoms with Crippen molar-refractivity contribution in [3.63, 3.8) is 0 Å². The molecule has 4 rings (SSSR count). The van der Waals surface area contributed by atoms with E-state index in [1.165, 1.54) is 6.92 Å². The zero-order chi connectivity index (χ0) is 17.1. The molecule has 4 heteroatoms. The molecule has 0 saturated heterocycles.